The van der Waals surface area contributed by atoms with Crippen LogP contribution in [0.25, 0.3) is 0 Å². The number of benzene rings is 1. The van der Waals surface area contributed by atoms with Gasteiger partial charge in [-0.25, -0.2) is 0 Å². The fraction of sp³-hybridized carbons (Fsp3) is 0.600. The average Bonchev–Trinajstić information content (AvgIpc) is 2.67. The van der Waals surface area contributed by atoms with Crippen LogP contribution in [-0.2, 0) is 6.54 Å². The van der Waals surface area contributed by atoms with E-state index in [2.05, 4.69) is 60.3 Å². The molecular formula is C15H22Br2N2. The van der Waals surface area contributed by atoms with Crippen molar-refractivity contribution in [2.75, 3.05) is 26.2 Å². The van der Waals surface area contributed by atoms with Crippen molar-refractivity contribution in [3.8, 4) is 0 Å². The highest BCUT2D eigenvalue weighted by Crippen LogP contribution is 2.23. The summed E-state index contributed by atoms with van der Waals surface area (Å²) in [6.45, 7) is 5.77. The van der Waals surface area contributed by atoms with Gasteiger partial charge in [0.05, 0.1) is 0 Å². The van der Waals surface area contributed by atoms with Gasteiger partial charge in [0.1, 0.15) is 0 Å². The topological polar surface area (TPSA) is 15.3 Å². The van der Waals surface area contributed by atoms with Crippen LogP contribution in [0.3, 0.4) is 0 Å². The van der Waals surface area contributed by atoms with Crippen LogP contribution in [0.15, 0.2) is 27.1 Å². The molecule has 19 heavy (non-hydrogen) atoms. The van der Waals surface area contributed by atoms with Gasteiger partial charge < -0.3 is 10.2 Å². The summed E-state index contributed by atoms with van der Waals surface area (Å²) >= 11 is 7.04. The summed E-state index contributed by atoms with van der Waals surface area (Å²) in [4.78, 5) is 2.59. The lowest BCUT2D eigenvalue weighted by Crippen LogP contribution is -2.32. The van der Waals surface area contributed by atoms with E-state index in [4.69, 9.17) is 0 Å². The summed E-state index contributed by atoms with van der Waals surface area (Å²) in [6.07, 6.45) is 5.58. The zero-order chi connectivity index (χ0) is 13.5. The maximum Gasteiger partial charge on any atom is 0.0320 e. The summed E-state index contributed by atoms with van der Waals surface area (Å²) in [6, 6.07) is 6.42. The van der Waals surface area contributed by atoms with E-state index in [9.17, 15) is 0 Å². The molecule has 0 unspecified atom stereocenters. The second-order valence-electron chi connectivity index (χ2n) is 5.18. The molecule has 1 saturated heterocycles. The third kappa shape index (κ3) is 5.54. The van der Waals surface area contributed by atoms with Gasteiger partial charge in [-0.2, -0.15) is 0 Å². The Morgan fingerprint density at radius 2 is 1.74 bits per heavy atom. The number of halogens is 2. The van der Waals surface area contributed by atoms with Crippen LogP contribution in [0, 0.1) is 0 Å². The van der Waals surface area contributed by atoms with Gasteiger partial charge in [0.15, 0.2) is 0 Å². The first-order valence-corrected chi connectivity index (χ1v) is 8.71. The number of rotatable bonds is 5. The monoisotopic (exact) mass is 388 g/mol. The Bertz CT molecular complexity index is 388. The predicted octanol–water partition coefficient (Wildman–Crippen LogP) is 4.18. The SMILES string of the molecule is Brc1ccc(CNCCN2CCCCCC2)cc1Br. The molecule has 2 nitrogen and oxygen atoms in total. The summed E-state index contributed by atoms with van der Waals surface area (Å²) in [5, 5.41) is 3.54. The summed E-state index contributed by atoms with van der Waals surface area (Å²) in [5.74, 6) is 0. The number of nitrogens with one attached hydrogen (secondary N) is 1. The highest BCUT2D eigenvalue weighted by atomic mass is 79.9. The van der Waals surface area contributed by atoms with E-state index in [0.29, 0.717) is 0 Å². The molecule has 1 aliphatic rings. The second-order valence-corrected chi connectivity index (χ2v) is 6.89. The Hall–Kier alpha value is 0.1000. The molecule has 0 spiro atoms. The molecule has 1 heterocycles. The van der Waals surface area contributed by atoms with E-state index in [1.807, 2.05) is 0 Å². The first kappa shape index (κ1) is 15.5. The van der Waals surface area contributed by atoms with Crippen molar-refractivity contribution in [1.29, 1.82) is 0 Å². The van der Waals surface area contributed by atoms with Crippen LogP contribution in [-0.4, -0.2) is 31.1 Å². The molecule has 1 aromatic rings. The van der Waals surface area contributed by atoms with E-state index in [-0.39, 0.29) is 0 Å². The van der Waals surface area contributed by atoms with Gasteiger partial charge in [0, 0.05) is 28.6 Å². The largest absolute Gasteiger partial charge is 0.311 e. The molecule has 0 aliphatic carbocycles. The van der Waals surface area contributed by atoms with Gasteiger partial charge >= 0.3 is 0 Å². The Balaban J connectivity index is 1.67. The third-order valence-corrected chi connectivity index (χ3v) is 5.50. The number of nitrogens with zero attached hydrogens (tertiary/aromatic N) is 1. The molecule has 0 aromatic heterocycles. The van der Waals surface area contributed by atoms with E-state index >= 15 is 0 Å². The van der Waals surface area contributed by atoms with Gasteiger partial charge in [-0.05, 0) is 75.5 Å². The highest BCUT2D eigenvalue weighted by Gasteiger charge is 2.07. The molecule has 4 heteroatoms. The maximum atomic E-state index is 3.54. The molecular weight excluding hydrogens is 368 g/mol. The number of likely N-dealkylation sites (tertiary alicyclic amines) is 1. The molecule has 1 fully saturated rings. The van der Waals surface area contributed by atoms with Crippen molar-refractivity contribution in [2.45, 2.75) is 32.2 Å². The summed E-state index contributed by atoms with van der Waals surface area (Å²) in [7, 11) is 0. The lowest BCUT2D eigenvalue weighted by atomic mass is 10.2. The first-order valence-electron chi connectivity index (χ1n) is 7.13. The van der Waals surface area contributed by atoms with Gasteiger partial charge in [-0.1, -0.05) is 18.9 Å². The normalized spacial score (nSPS) is 17.4. The van der Waals surface area contributed by atoms with Gasteiger partial charge in [-0.3, -0.25) is 0 Å². The van der Waals surface area contributed by atoms with Crippen LogP contribution < -0.4 is 5.32 Å². The van der Waals surface area contributed by atoms with E-state index in [1.54, 1.807) is 0 Å². The lowest BCUT2D eigenvalue weighted by molar-refractivity contribution is 0.284. The molecule has 2 rings (SSSR count). The van der Waals surface area contributed by atoms with Gasteiger partial charge in [0.25, 0.3) is 0 Å². The van der Waals surface area contributed by atoms with Crippen molar-refractivity contribution < 1.29 is 0 Å². The zero-order valence-corrected chi connectivity index (χ0v) is 14.5. The molecule has 1 N–H and O–H groups in total. The van der Waals surface area contributed by atoms with Crippen molar-refractivity contribution in [3.05, 3.63) is 32.7 Å². The van der Waals surface area contributed by atoms with Gasteiger partial charge in [0.2, 0.25) is 0 Å². The number of hydrogen-bond acceptors (Lipinski definition) is 2. The molecule has 1 aromatic carbocycles. The minimum absolute atomic E-state index is 0.944. The van der Waals surface area contributed by atoms with Crippen LogP contribution in [0.4, 0.5) is 0 Å². The van der Waals surface area contributed by atoms with E-state index < -0.39 is 0 Å². The molecule has 0 bridgehead atoms. The quantitative estimate of drug-likeness (QED) is 0.760. The molecule has 0 radical (unpaired) electrons. The smallest absolute Gasteiger partial charge is 0.0320 e. The predicted molar refractivity (Wildman–Crippen MR) is 88.5 cm³/mol. The standard InChI is InChI=1S/C15H22Br2N2/c16-14-6-5-13(11-15(14)17)12-18-7-10-19-8-3-1-2-4-9-19/h5-6,11,18H,1-4,7-10,12H2. The fourth-order valence-electron chi connectivity index (χ4n) is 2.48. The molecule has 0 amide bonds. The van der Waals surface area contributed by atoms with Crippen molar-refractivity contribution in [1.82, 2.24) is 10.2 Å². The Kier molecular flexibility index (Phi) is 6.85. The minimum Gasteiger partial charge on any atom is -0.311 e. The van der Waals surface area contributed by atoms with Crippen LogP contribution in [0.1, 0.15) is 31.2 Å². The van der Waals surface area contributed by atoms with Crippen LogP contribution in [0.5, 0.6) is 0 Å². The van der Waals surface area contributed by atoms with Crippen molar-refractivity contribution in [2.24, 2.45) is 0 Å². The van der Waals surface area contributed by atoms with Crippen LogP contribution >= 0.6 is 31.9 Å². The number of hydrogen-bond donors (Lipinski definition) is 1. The van der Waals surface area contributed by atoms with Crippen LogP contribution in [0.2, 0.25) is 0 Å². The molecule has 106 valence electrons. The lowest BCUT2D eigenvalue weighted by Gasteiger charge is -2.19. The van der Waals surface area contributed by atoms with E-state index in [1.165, 1.54) is 50.9 Å². The van der Waals surface area contributed by atoms with Gasteiger partial charge in [-0.15, -0.1) is 0 Å². The van der Waals surface area contributed by atoms with Crippen molar-refractivity contribution in [3.63, 3.8) is 0 Å². The van der Waals surface area contributed by atoms with E-state index in [0.717, 1.165) is 22.0 Å². The third-order valence-electron chi connectivity index (χ3n) is 3.62. The first-order chi connectivity index (χ1) is 9.25. The summed E-state index contributed by atoms with van der Waals surface area (Å²) < 4.78 is 2.24. The molecule has 0 saturated carbocycles. The Morgan fingerprint density at radius 1 is 1.00 bits per heavy atom. The fourth-order valence-corrected chi connectivity index (χ4v) is 3.15. The maximum absolute atomic E-state index is 3.54. The molecule has 0 atom stereocenters. The zero-order valence-electron chi connectivity index (χ0n) is 11.3. The summed E-state index contributed by atoms with van der Waals surface area (Å²) in [5.41, 5.74) is 1.32. The highest BCUT2D eigenvalue weighted by molar-refractivity contribution is 9.13. The Labute approximate surface area is 133 Å². The minimum atomic E-state index is 0.944. The molecule has 1 aliphatic heterocycles. The average molecular weight is 390 g/mol. The van der Waals surface area contributed by atoms with Crippen molar-refractivity contribution >= 4 is 31.9 Å². The second kappa shape index (κ2) is 8.40. The Morgan fingerprint density at radius 3 is 2.42 bits per heavy atom.